The van der Waals surface area contributed by atoms with Gasteiger partial charge in [0.05, 0.1) is 11.9 Å². The van der Waals surface area contributed by atoms with Gasteiger partial charge < -0.3 is 9.47 Å². The summed E-state index contributed by atoms with van der Waals surface area (Å²) in [6.07, 6.45) is -4.68. The number of pyridine rings is 1. The average Bonchev–Trinajstić information content (AvgIpc) is 3.09. The highest BCUT2D eigenvalue weighted by atomic mass is 79.9. The molecule has 0 unspecified atom stereocenters. The Kier molecular flexibility index (Phi) is 4.21. The van der Waals surface area contributed by atoms with Gasteiger partial charge in [-0.05, 0) is 29.8 Å². The first-order valence-electron chi connectivity index (χ1n) is 7.92. The van der Waals surface area contributed by atoms with E-state index >= 15 is 0 Å². The molecule has 0 saturated heterocycles. The van der Waals surface area contributed by atoms with Crippen LogP contribution in [0.3, 0.4) is 0 Å². The largest absolute Gasteiger partial charge is 0.454 e. The number of alkyl halides is 3. The minimum Gasteiger partial charge on any atom is -0.454 e. The summed E-state index contributed by atoms with van der Waals surface area (Å²) in [6.45, 7) is -0.0458. The van der Waals surface area contributed by atoms with E-state index in [4.69, 9.17) is 9.47 Å². The Bertz CT molecular complexity index is 1230. The third kappa shape index (κ3) is 2.95. The Morgan fingerprint density at radius 3 is 2.54 bits per heavy atom. The molecule has 0 N–H and O–H groups in total. The Hall–Kier alpha value is -2.82. The van der Waals surface area contributed by atoms with E-state index in [0.717, 1.165) is 21.3 Å². The van der Waals surface area contributed by atoms with Crippen molar-refractivity contribution in [2.75, 3.05) is 6.79 Å². The van der Waals surface area contributed by atoms with E-state index in [1.807, 2.05) is 0 Å². The SMILES string of the molecule is Cn1c(=O)n(Cc2cc3c(cc2Br)OCO3)c(=O)c2ccc(C(F)(F)F)nc21. The van der Waals surface area contributed by atoms with Gasteiger partial charge in [-0.15, -0.1) is 0 Å². The van der Waals surface area contributed by atoms with Gasteiger partial charge in [0.25, 0.3) is 5.56 Å². The molecule has 0 atom stereocenters. The third-order valence-electron chi connectivity index (χ3n) is 4.35. The maximum atomic E-state index is 12.9. The molecule has 4 rings (SSSR count). The van der Waals surface area contributed by atoms with Crippen LogP contribution in [0.4, 0.5) is 13.2 Å². The van der Waals surface area contributed by atoms with Crippen molar-refractivity contribution in [3.05, 3.63) is 60.8 Å². The molecule has 0 spiro atoms. The lowest BCUT2D eigenvalue weighted by Crippen LogP contribution is -2.39. The van der Waals surface area contributed by atoms with Crippen LogP contribution in [0.15, 0.2) is 38.3 Å². The zero-order valence-corrected chi connectivity index (χ0v) is 15.8. The second-order valence-electron chi connectivity index (χ2n) is 6.10. The maximum absolute atomic E-state index is 12.9. The summed E-state index contributed by atoms with van der Waals surface area (Å²) < 4.78 is 51.7. The van der Waals surface area contributed by atoms with Crippen molar-refractivity contribution in [2.45, 2.75) is 12.7 Å². The predicted octanol–water partition coefficient (Wildman–Crippen LogP) is 2.65. The standard InChI is InChI=1S/C17H11BrF3N3O4/c1-23-14-9(2-3-13(22-14)17(19,20)21)15(25)24(16(23)26)6-8-4-11-12(5-10(8)18)28-7-27-11/h2-5H,6-7H2,1H3. The Labute approximate surface area is 163 Å². The number of halogens is 4. The molecule has 1 aliphatic heterocycles. The normalized spacial score (nSPS) is 13.3. The Morgan fingerprint density at radius 2 is 1.86 bits per heavy atom. The fraction of sp³-hybridized carbons (Fsp3) is 0.235. The first-order valence-corrected chi connectivity index (χ1v) is 8.72. The zero-order valence-electron chi connectivity index (χ0n) is 14.2. The van der Waals surface area contributed by atoms with Crippen molar-refractivity contribution >= 4 is 27.0 Å². The number of aromatic nitrogens is 3. The molecule has 1 aliphatic rings. The Morgan fingerprint density at radius 1 is 1.18 bits per heavy atom. The van der Waals surface area contributed by atoms with Crippen molar-refractivity contribution in [3.8, 4) is 11.5 Å². The molecule has 3 aromatic rings. The number of hydrogen-bond acceptors (Lipinski definition) is 5. The van der Waals surface area contributed by atoms with E-state index in [1.165, 1.54) is 7.05 Å². The van der Waals surface area contributed by atoms with Crippen LogP contribution < -0.4 is 20.7 Å². The molecule has 2 aromatic heterocycles. The minimum atomic E-state index is -4.68. The Balaban J connectivity index is 1.87. The molecule has 11 heteroatoms. The number of nitrogens with zero attached hydrogens (tertiary/aromatic N) is 3. The average molecular weight is 458 g/mol. The fourth-order valence-corrected chi connectivity index (χ4v) is 3.37. The van der Waals surface area contributed by atoms with Gasteiger partial charge in [0.15, 0.2) is 11.5 Å². The summed E-state index contributed by atoms with van der Waals surface area (Å²) in [7, 11) is 1.27. The van der Waals surface area contributed by atoms with Crippen molar-refractivity contribution in [1.82, 2.24) is 14.1 Å². The number of hydrogen-bond donors (Lipinski definition) is 0. The van der Waals surface area contributed by atoms with E-state index in [1.54, 1.807) is 12.1 Å². The number of benzene rings is 1. The van der Waals surface area contributed by atoms with Crippen molar-refractivity contribution in [3.63, 3.8) is 0 Å². The summed E-state index contributed by atoms with van der Waals surface area (Å²) >= 11 is 3.36. The van der Waals surface area contributed by atoms with Gasteiger partial charge in [-0.25, -0.2) is 9.78 Å². The molecule has 0 radical (unpaired) electrons. The van der Waals surface area contributed by atoms with Crippen LogP contribution >= 0.6 is 15.9 Å². The van der Waals surface area contributed by atoms with E-state index in [0.29, 0.717) is 21.5 Å². The topological polar surface area (TPSA) is 75.3 Å². The summed E-state index contributed by atoms with van der Waals surface area (Å²) in [5.41, 5.74) is -2.45. The molecule has 0 fully saturated rings. The van der Waals surface area contributed by atoms with Crippen molar-refractivity contribution in [1.29, 1.82) is 0 Å². The van der Waals surface area contributed by atoms with Gasteiger partial charge >= 0.3 is 11.9 Å². The molecule has 7 nitrogen and oxygen atoms in total. The van der Waals surface area contributed by atoms with Gasteiger partial charge in [-0.2, -0.15) is 13.2 Å². The third-order valence-corrected chi connectivity index (χ3v) is 5.08. The van der Waals surface area contributed by atoms with Gasteiger partial charge in [0.1, 0.15) is 11.3 Å². The lowest BCUT2D eigenvalue weighted by atomic mass is 10.2. The highest BCUT2D eigenvalue weighted by Crippen LogP contribution is 2.37. The molecule has 1 aromatic carbocycles. The van der Waals surface area contributed by atoms with Gasteiger partial charge in [0.2, 0.25) is 6.79 Å². The number of aryl methyl sites for hydroxylation is 1. The van der Waals surface area contributed by atoms with Crippen LogP contribution in [0.5, 0.6) is 11.5 Å². The first kappa shape index (κ1) is 18.5. The lowest BCUT2D eigenvalue weighted by molar-refractivity contribution is -0.141. The molecular formula is C17H11BrF3N3O4. The van der Waals surface area contributed by atoms with Crippen LogP contribution in [0.1, 0.15) is 11.3 Å². The minimum absolute atomic E-state index is 0.0656. The lowest BCUT2D eigenvalue weighted by Gasteiger charge is -2.13. The monoisotopic (exact) mass is 457 g/mol. The molecule has 0 saturated carbocycles. The molecular weight excluding hydrogens is 447 g/mol. The van der Waals surface area contributed by atoms with Gasteiger partial charge in [0, 0.05) is 11.5 Å². The van der Waals surface area contributed by atoms with Crippen LogP contribution in [-0.4, -0.2) is 20.9 Å². The highest BCUT2D eigenvalue weighted by Gasteiger charge is 2.33. The van der Waals surface area contributed by atoms with E-state index in [-0.39, 0.29) is 24.4 Å². The molecule has 0 aliphatic carbocycles. The van der Waals surface area contributed by atoms with Crippen LogP contribution in [0.25, 0.3) is 11.0 Å². The highest BCUT2D eigenvalue weighted by molar-refractivity contribution is 9.10. The van der Waals surface area contributed by atoms with Crippen LogP contribution in [0, 0.1) is 0 Å². The van der Waals surface area contributed by atoms with E-state index < -0.39 is 23.1 Å². The van der Waals surface area contributed by atoms with Crippen molar-refractivity contribution in [2.24, 2.45) is 7.05 Å². The molecule has 28 heavy (non-hydrogen) atoms. The molecule has 0 amide bonds. The quantitative estimate of drug-likeness (QED) is 0.591. The summed E-state index contributed by atoms with van der Waals surface area (Å²) in [5.74, 6) is 0.999. The second-order valence-corrected chi connectivity index (χ2v) is 6.95. The molecule has 146 valence electrons. The first-order chi connectivity index (χ1) is 13.2. The summed E-state index contributed by atoms with van der Waals surface area (Å²) in [6, 6.07) is 5.03. The maximum Gasteiger partial charge on any atom is 0.433 e. The number of ether oxygens (including phenoxy) is 2. The predicted molar refractivity (Wildman–Crippen MR) is 95.6 cm³/mol. The van der Waals surface area contributed by atoms with Gasteiger partial charge in [-0.1, -0.05) is 15.9 Å². The number of fused-ring (bicyclic) bond motifs is 2. The fourth-order valence-electron chi connectivity index (χ4n) is 2.92. The molecule has 0 bridgehead atoms. The van der Waals surface area contributed by atoms with Gasteiger partial charge in [-0.3, -0.25) is 13.9 Å². The zero-order chi connectivity index (χ0) is 20.2. The molecule has 3 heterocycles. The van der Waals surface area contributed by atoms with Crippen LogP contribution in [-0.2, 0) is 19.8 Å². The summed E-state index contributed by atoms with van der Waals surface area (Å²) in [5, 5.41) is -0.0908. The van der Waals surface area contributed by atoms with E-state index in [9.17, 15) is 22.8 Å². The smallest absolute Gasteiger partial charge is 0.433 e. The van der Waals surface area contributed by atoms with Crippen molar-refractivity contribution < 1.29 is 22.6 Å². The second kappa shape index (κ2) is 6.36. The van der Waals surface area contributed by atoms with Crippen LogP contribution in [0.2, 0.25) is 0 Å². The summed E-state index contributed by atoms with van der Waals surface area (Å²) in [4.78, 5) is 28.9. The van der Waals surface area contributed by atoms with E-state index in [2.05, 4.69) is 20.9 Å². The number of rotatable bonds is 2.